The van der Waals surface area contributed by atoms with Crippen LogP contribution in [0.25, 0.3) is 0 Å². The van der Waals surface area contributed by atoms with Gasteiger partial charge in [-0.15, -0.1) is 0 Å². The van der Waals surface area contributed by atoms with E-state index in [2.05, 4.69) is 42.0 Å². The average molecular weight is 345 g/mol. The summed E-state index contributed by atoms with van der Waals surface area (Å²) in [4.78, 5) is 22.6. The highest BCUT2D eigenvalue weighted by molar-refractivity contribution is 7.98. The Hall–Kier alpha value is -2.09. The highest BCUT2D eigenvalue weighted by Gasteiger charge is 2.21. The second-order valence-electron chi connectivity index (χ2n) is 5.60. The van der Waals surface area contributed by atoms with Gasteiger partial charge in [0.15, 0.2) is 5.16 Å². The summed E-state index contributed by atoms with van der Waals surface area (Å²) in [6.45, 7) is 8.50. The van der Waals surface area contributed by atoms with Gasteiger partial charge in [-0.2, -0.15) is 4.98 Å². The minimum Gasteiger partial charge on any atom is -0.370 e. The van der Waals surface area contributed by atoms with Crippen LogP contribution in [0.15, 0.2) is 23.5 Å². The smallest absolute Gasteiger partial charge is 0.227 e. The quantitative estimate of drug-likeness (QED) is 0.652. The summed E-state index contributed by atoms with van der Waals surface area (Å²) in [6.07, 6.45) is 3.82. The molecule has 0 aliphatic carbocycles. The molecule has 128 valence electrons. The number of hydrogen-bond acceptors (Lipinski definition) is 8. The first kappa shape index (κ1) is 16.8. The lowest BCUT2D eigenvalue weighted by Gasteiger charge is -2.35. The molecule has 7 nitrogen and oxygen atoms in total. The molecule has 1 aliphatic rings. The topological polar surface area (TPSA) is 70.1 Å². The van der Waals surface area contributed by atoms with Crippen LogP contribution < -0.4 is 15.1 Å². The first-order chi connectivity index (χ1) is 11.7. The molecule has 24 heavy (non-hydrogen) atoms. The molecule has 1 N–H and O–H groups in total. The van der Waals surface area contributed by atoms with E-state index in [1.165, 1.54) is 0 Å². The van der Waals surface area contributed by atoms with Gasteiger partial charge in [0, 0.05) is 50.7 Å². The Labute approximate surface area is 146 Å². The van der Waals surface area contributed by atoms with Crippen molar-refractivity contribution in [3.05, 3.63) is 24.0 Å². The van der Waals surface area contributed by atoms with E-state index in [1.54, 1.807) is 11.8 Å². The maximum atomic E-state index is 4.63. The van der Waals surface area contributed by atoms with E-state index in [9.17, 15) is 0 Å². The van der Waals surface area contributed by atoms with Gasteiger partial charge < -0.3 is 15.1 Å². The largest absolute Gasteiger partial charge is 0.370 e. The summed E-state index contributed by atoms with van der Waals surface area (Å²) in [5.74, 6) is 2.69. The fourth-order valence-corrected chi connectivity index (χ4v) is 3.06. The van der Waals surface area contributed by atoms with Gasteiger partial charge in [0.2, 0.25) is 5.95 Å². The van der Waals surface area contributed by atoms with Crippen molar-refractivity contribution < 1.29 is 0 Å². The SMILES string of the molecule is CCNc1cc(C)nc(N2CCN(c3ccnc(SC)n3)CC2)n1. The first-order valence-electron chi connectivity index (χ1n) is 8.16. The minimum absolute atomic E-state index is 0.804. The zero-order valence-corrected chi connectivity index (χ0v) is 15.2. The highest BCUT2D eigenvalue weighted by atomic mass is 32.2. The molecule has 2 aromatic heterocycles. The van der Waals surface area contributed by atoms with Gasteiger partial charge in [-0.1, -0.05) is 11.8 Å². The number of aryl methyl sites for hydroxylation is 1. The maximum absolute atomic E-state index is 4.63. The van der Waals surface area contributed by atoms with Crippen LogP contribution in [0.3, 0.4) is 0 Å². The molecule has 0 saturated carbocycles. The van der Waals surface area contributed by atoms with Crippen LogP contribution in [0.5, 0.6) is 0 Å². The van der Waals surface area contributed by atoms with E-state index in [4.69, 9.17) is 0 Å². The van der Waals surface area contributed by atoms with Gasteiger partial charge in [0.25, 0.3) is 0 Å². The second-order valence-corrected chi connectivity index (χ2v) is 6.37. The van der Waals surface area contributed by atoms with Gasteiger partial charge in [0.1, 0.15) is 11.6 Å². The summed E-state index contributed by atoms with van der Waals surface area (Å²) >= 11 is 1.57. The minimum atomic E-state index is 0.804. The van der Waals surface area contributed by atoms with Crippen molar-refractivity contribution in [2.24, 2.45) is 0 Å². The van der Waals surface area contributed by atoms with E-state index >= 15 is 0 Å². The first-order valence-corrected chi connectivity index (χ1v) is 9.38. The normalized spacial score (nSPS) is 14.8. The standard InChI is InChI=1S/C16H23N7S/c1-4-17-13-11-12(2)19-15(20-13)23-9-7-22(8-10-23)14-5-6-18-16(21-14)24-3/h5-6,11H,4,7-10H2,1-3H3,(H,17,19,20). The molecule has 3 heterocycles. The highest BCUT2D eigenvalue weighted by Crippen LogP contribution is 2.19. The lowest BCUT2D eigenvalue weighted by Crippen LogP contribution is -2.47. The van der Waals surface area contributed by atoms with E-state index in [0.29, 0.717) is 0 Å². The van der Waals surface area contributed by atoms with Crippen LogP contribution in [0.4, 0.5) is 17.6 Å². The van der Waals surface area contributed by atoms with E-state index in [1.807, 2.05) is 31.5 Å². The van der Waals surface area contributed by atoms with E-state index < -0.39 is 0 Å². The van der Waals surface area contributed by atoms with Gasteiger partial charge in [-0.25, -0.2) is 15.0 Å². The number of hydrogen-bond donors (Lipinski definition) is 1. The fraction of sp³-hybridized carbons (Fsp3) is 0.500. The van der Waals surface area contributed by atoms with Crippen molar-refractivity contribution in [3.8, 4) is 0 Å². The molecule has 0 aromatic carbocycles. The van der Waals surface area contributed by atoms with Crippen molar-refractivity contribution in [3.63, 3.8) is 0 Å². The van der Waals surface area contributed by atoms with Crippen LogP contribution >= 0.6 is 11.8 Å². The molecule has 2 aromatic rings. The van der Waals surface area contributed by atoms with Gasteiger partial charge >= 0.3 is 0 Å². The Bertz CT molecular complexity index is 686. The molecule has 0 amide bonds. The van der Waals surface area contributed by atoms with Gasteiger partial charge in [-0.05, 0) is 26.2 Å². The molecular weight excluding hydrogens is 322 g/mol. The zero-order valence-electron chi connectivity index (χ0n) is 14.4. The number of rotatable bonds is 5. The lowest BCUT2D eigenvalue weighted by atomic mass is 10.3. The van der Waals surface area contributed by atoms with Gasteiger partial charge in [0.05, 0.1) is 0 Å². The third-order valence-corrected chi connectivity index (χ3v) is 4.45. The van der Waals surface area contributed by atoms with Crippen LogP contribution in [0.1, 0.15) is 12.6 Å². The molecule has 0 atom stereocenters. The third kappa shape index (κ3) is 3.87. The number of anilines is 3. The van der Waals surface area contributed by atoms with Crippen LogP contribution in [-0.2, 0) is 0 Å². The van der Waals surface area contributed by atoms with Crippen LogP contribution in [0.2, 0.25) is 0 Å². The Morgan fingerprint density at radius 1 is 1.12 bits per heavy atom. The van der Waals surface area contributed by atoms with Crippen molar-refractivity contribution in [1.82, 2.24) is 19.9 Å². The molecule has 0 unspecified atom stereocenters. The van der Waals surface area contributed by atoms with Crippen molar-refractivity contribution in [2.45, 2.75) is 19.0 Å². The molecular formula is C16H23N7S. The molecule has 0 bridgehead atoms. The van der Waals surface area contributed by atoms with E-state index in [0.717, 1.165) is 61.2 Å². The average Bonchev–Trinajstić information content (AvgIpc) is 2.62. The number of nitrogens with one attached hydrogen (secondary N) is 1. The second kappa shape index (κ2) is 7.65. The van der Waals surface area contributed by atoms with E-state index in [-0.39, 0.29) is 0 Å². The summed E-state index contributed by atoms with van der Waals surface area (Å²) in [7, 11) is 0. The fourth-order valence-electron chi connectivity index (χ4n) is 2.71. The monoisotopic (exact) mass is 345 g/mol. The van der Waals surface area contributed by atoms with Gasteiger partial charge in [-0.3, -0.25) is 0 Å². The Balaban J connectivity index is 1.68. The number of thioether (sulfide) groups is 1. The molecule has 0 radical (unpaired) electrons. The predicted molar refractivity (Wildman–Crippen MR) is 99.2 cm³/mol. The Morgan fingerprint density at radius 3 is 2.58 bits per heavy atom. The molecule has 8 heteroatoms. The Kier molecular flexibility index (Phi) is 5.34. The molecule has 1 fully saturated rings. The molecule has 1 aliphatic heterocycles. The molecule has 1 saturated heterocycles. The van der Waals surface area contributed by atoms with Crippen molar-refractivity contribution >= 4 is 29.3 Å². The van der Waals surface area contributed by atoms with Crippen molar-refractivity contribution in [2.75, 3.05) is 54.1 Å². The lowest BCUT2D eigenvalue weighted by molar-refractivity contribution is 0.630. The number of nitrogens with zero attached hydrogens (tertiary/aromatic N) is 6. The predicted octanol–water partition coefficient (Wildman–Crippen LogP) is 2.06. The summed E-state index contributed by atoms with van der Waals surface area (Å²) in [5.41, 5.74) is 0.985. The molecule has 3 rings (SSSR count). The number of piperazine rings is 1. The van der Waals surface area contributed by atoms with Crippen LogP contribution in [-0.4, -0.2) is 58.9 Å². The molecule has 0 spiro atoms. The Morgan fingerprint density at radius 2 is 1.88 bits per heavy atom. The number of aromatic nitrogens is 4. The van der Waals surface area contributed by atoms with Crippen LogP contribution in [0, 0.1) is 6.92 Å². The third-order valence-electron chi connectivity index (χ3n) is 3.89. The summed E-state index contributed by atoms with van der Waals surface area (Å²) in [5, 5.41) is 4.08. The summed E-state index contributed by atoms with van der Waals surface area (Å²) < 4.78 is 0. The summed E-state index contributed by atoms with van der Waals surface area (Å²) in [6, 6.07) is 3.95. The van der Waals surface area contributed by atoms with Crippen molar-refractivity contribution in [1.29, 1.82) is 0 Å². The zero-order chi connectivity index (χ0) is 16.9. The maximum Gasteiger partial charge on any atom is 0.227 e.